The van der Waals surface area contributed by atoms with Gasteiger partial charge in [0.25, 0.3) is 0 Å². The van der Waals surface area contributed by atoms with Gasteiger partial charge in [0.05, 0.1) is 0 Å². The van der Waals surface area contributed by atoms with E-state index in [0.29, 0.717) is 11.8 Å². The number of nitrogens with zero attached hydrogens (tertiary/aromatic N) is 2. The van der Waals surface area contributed by atoms with Crippen molar-refractivity contribution < 1.29 is 4.79 Å². The summed E-state index contributed by atoms with van der Waals surface area (Å²) in [5.74, 6) is 0.700. The summed E-state index contributed by atoms with van der Waals surface area (Å²) in [4.78, 5) is 14.6. The Kier molecular flexibility index (Phi) is 3.02. The zero-order chi connectivity index (χ0) is 14.4. The van der Waals surface area contributed by atoms with Crippen LogP contribution in [0.2, 0.25) is 0 Å². The number of aryl methyl sites for hydroxylation is 1. The maximum Gasteiger partial charge on any atom is 0.225 e. The molecule has 21 heavy (non-hydrogen) atoms. The molecule has 1 aliphatic heterocycles. The van der Waals surface area contributed by atoms with Crippen LogP contribution in [0.25, 0.3) is 10.9 Å². The van der Waals surface area contributed by atoms with Crippen LogP contribution in [0.5, 0.6) is 0 Å². The van der Waals surface area contributed by atoms with Gasteiger partial charge < -0.3 is 9.47 Å². The van der Waals surface area contributed by atoms with Gasteiger partial charge in [0, 0.05) is 54.1 Å². The monoisotopic (exact) mass is 282 g/mol. The van der Waals surface area contributed by atoms with Crippen molar-refractivity contribution in [3.05, 3.63) is 35.5 Å². The molecule has 1 aromatic carbocycles. The summed E-state index contributed by atoms with van der Waals surface area (Å²) in [6.45, 7) is 4.90. The highest BCUT2D eigenvalue weighted by atomic mass is 16.2. The van der Waals surface area contributed by atoms with E-state index >= 15 is 0 Å². The number of carbonyl (C=O) groups is 1. The summed E-state index contributed by atoms with van der Waals surface area (Å²) < 4.78 is 2.43. The number of para-hydroxylation sites is 1. The van der Waals surface area contributed by atoms with Gasteiger partial charge in [-0.15, -0.1) is 0 Å². The summed E-state index contributed by atoms with van der Waals surface area (Å²) in [6, 6.07) is 8.62. The lowest BCUT2D eigenvalue weighted by atomic mass is 9.84. The van der Waals surface area contributed by atoms with Crippen molar-refractivity contribution in [2.45, 2.75) is 45.7 Å². The van der Waals surface area contributed by atoms with E-state index in [4.69, 9.17) is 0 Å². The van der Waals surface area contributed by atoms with Crippen LogP contribution in [-0.2, 0) is 24.3 Å². The number of hydrogen-bond acceptors (Lipinski definition) is 1. The molecule has 0 spiro atoms. The molecule has 1 aliphatic carbocycles. The quantitative estimate of drug-likeness (QED) is 0.829. The van der Waals surface area contributed by atoms with E-state index in [1.807, 2.05) is 0 Å². The second-order valence-corrected chi connectivity index (χ2v) is 6.32. The minimum absolute atomic E-state index is 0.311. The van der Waals surface area contributed by atoms with E-state index < -0.39 is 0 Å². The van der Waals surface area contributed by atoms with Crippen molar-refractivity contribution in [3.8, 4) is 0 Å². The van der Waals surface area contributed by atoms with Crippen LogP contribution < -0.4 is 0 Å². The standard InChI is InChI=1S/C18H22N2O/c1-2-20-16-9-4-3-8-14(16)15-12-19(11-10-17(15)20)18(21)13-6-5-7-13/h3-4,8-9,13H,2,5-7,10-12H2,1H3. The maximum absolute atomic E-state index is 12.5. The van der Waals surface area contributed by atoms with Crippen molar-refractivity contribution in [2.75, 3.05) is 6.54 Å². The first-order valence-electron chi connectivity index (χ1n) is 8.17. The van der Waals surface area contributed by atoms with Crippen molar-refractivity contribution in [2.24, 2.45) is 5.92 Å². The highest BCUT2D eigenvalue weighted by molar-refractivity contribution is 5.87. The Balaban J connectivity index is 1.73. The third kappa shape index (κ3) is 1.90. The summed E-state index contributed by atoms with van der Waals surface area (Å²) in [7, 11) is 0. The van der Waals surface area contributed by atoms with Gasteiger partial charge in [-0.2, -0.15) is 0 Å². The minimum atomic E-state index is 0.311. The predicted octanol–water partition coefficient (Wildman–Crippen LogP) is 3.35. The molecule has 4 rings (SSSR count). The van der Waals surface area contributed by atoms with Crippen LogP contribution in [0.1, 0.15) is 37.4 Å². The normalized spacial score (nSPS) is 18.6. The van der Waals surface area contributed by atoms with Crippen molar-refractivity contribution in [1.29, 1.82) is 0 Å². The molecule has 110 valence electrons. The molecular weight excluding hydrogens is 260 g/mol. The number of fused-ring (bicyclic) bond motifs is 3. The summed E-state index contributed by atoms with van der Waals surface area (Å²) in [5, 5.41) is 1.33. The zero-order valence-corrected chi connectivity index (χ0v) is 12.6. The van der Waals surface area contributed by atoms with Gasteiger partial charge in [-0.05, 0) is 25.8 Å². The summed E-state index contributed by atoms with van der Waals surface area (Å²) in [5.41, 5.74) is 4.14. The topological polar surface area (TPSA) is 25.2 Å². The Morgan fingerprint density at radius 1 is 1.29 bits per heavy atom. The van der Waals surface area contributed by atoms with Gasteiger partial charge in [0.15, 0.2) is 0 Å². The Morgan fingerprint density at radius 2 is 2.10 bits per heavy atom. The van der Waals surface area contributed by atoms with Crippen LogP contribution in [0.4, 0.5) is 0 Å². The second kappa shape index (κ2) is 4.90. The number of amides is 1. The fraction of sp³-hybridized carbons (Fsp3) is 0.500. The number of carbonyl (C=O) groups excluding carboxylic acids is 1. The van der Waals surface area contributed by atoms with Gasteiger partial charge in [-0.25, -0.2) is 0 Å². The minimum Gasteiger partial charge on any atom is -0.344 e. The first kappa shape index (κ1) is 12.9. The third-order valence-corrected chi connectivity index (χ3v) is 5.24. The molecule has 1 saturated carbocycles. The Morgan fingerprint density at radius 3 is 2.81 bits per heavy atom. The van der Waals surface area contributed by atoms with Gasteiger partial charge in [-0.1, -0.05) is 24.6 Å². The second-order valence-electron chi connectivity index (χ2n) is 6.32. The lowest BCUT2D eigenvalue weighted by Crippen LogP contribution is -2.41. The average molecular weight is 282 g/mol. The highest BCUT2D eigenvalue weighted by Gasteiger charge is 2.32. The molecule has 1 fully saturated rings. The molecule has 2 aromatic rings. The van der Waals surface area contributed by atoms with E-state index in [0.717, 1.165) is 38.9 Å². The fourth-order valence-corrected chi connectivity index (χ4v) is 3.86. The number of aromatic nitrogens is 1. The van der Waals surface area contributed by atoms with E-state index in [9.17, 15) is 4.79 Å². The van der Waals surface area contributed by atoms with Gasteiger partial charge in [-0.3, -0.25) is 4.79 Å². The molecule has 0 radical (unpaired) electrons. The molecule has 3 heteroatoms. The van der Waals surface area contributed by atoms with Crippen molar-refractivity contribution in [1.82, 2.24) is 9.47 Å². The van der Waals surface area contributed by atoms with Crippen molar-refractivity contribution in [3.63, 3.8) is 0 Å². The van der Waals surface area contributed by atoms with Gasteiger partial charge in [0.2, 0.25) is 5.91 Å². The van der Waals surface area contributed by atoms with E-state index in [2.05, 4.69) is 40.7 Å². The van der Waals surface area contributed by atoms with E-state index in [-0.39, 0.29) is 0 Å². The molecule has 0 bridgehead atoms. The largest absolute Gasteiger partial charge is 0.344 e. The van der Waals surface area contributed by atoms with Crippen molar-refractivity contribution >= 4 is 16.8 Å². The molecule has 2 aliphatic rings. The van der Waals surface area contributed by atoms with E-state index in [1.54, 1.807) is 0 Å². The average Bonchev–Trinajstić information content (AvgIpc) is 2.78. The Hall–Kier alpha value is -1.77. The van der Waals surface area contributed by atoms with Gasteiger partial charge in [0.1, 0.15) is 0 Å². The highest BCUT2D eigenvalue weighted by Crippen LogP contribution is 2.34. The molecule has 0 unspecified atom stereocenters. The molecular formula is C18H22N2O. The molecule has 2 heterocycles. The SMILES string of the molecule is CCn1c2c(c3ccccc31)CN(C(=O)C1CCC1)CC2. The Bertz CT molecular complexity index is 697. The molecule has 1 amide bonds. The van der Waals surface area contributed by atoms with Crippen LogP contribution in [0.15, 0.2) is 24.3 Å². The number of hydrogen-bond donors (Lipinski definition) is 0. The molecule has 0 N–H and O–H groups in total. The smallest absolute Gasteiger partial charge is 0.225 e. The van der Waals surface area contributed by atoms with Crippen LogP contribution in [0.3, 0.4) is 0 Å². The molecule has 3 nitrogen and oxygen atoms in total. The fourth-order valence-electron chi connectivity index (χ4n) is 3.86. The van der Waals surface area contributed by atoms with Crippen LogP contribution >= 0.6 is 0 Å². The lowest BCUT2D eigenvalue weighted by molar-refractivity contribution is -0.139. The third-order valence-electron chi connectivity index (χ3n) is 5.24. The van der Waals surface area contributed by atoms with Gasteiger partial charge >= 0.3 is 0 Å². The molecule has 0 atom stereocenters. The van der Waals surface area contributed by atoms with Crippen LogP contribution in [-0.4, -0.2) is 21.9 Å². The number of benzene rings is 1. The number of rotatable bonds is 2. The Labute approximate surface area is 125 Å². The summed E-state index contributed by atoms with van der Waals surface area (Å²) >= 11 is 0. The first-order chi connectivity index (χ1) is 10.3. The van der Waals surface area contributed by atoms with E-state index in [1.165, 1.54) is 28.6 Å². The predicted molar refractivity (Wildman–Crippen MR) is 84.1 cm³/mol. The maximum atomic E-state index is 12.5. The van der Waals surface area contributed by atoms with Crippen LogP contribution in [0, 0.1) is 5.92 Å². The first-order valence-corrected chi connectivity index (χ1v) is 8.17. The zero-order valence-electron chi connectivity index (χ0n) is 12.6. The summed E-state index contributed by atoms with van der Waals surface area (Å²) in [6.07, 6.45) is 4.42. The molecule has 0 saturated heterocycles. The molecule has 1 aromatic heterocycles. The lowest BCUT2D eigenvalue weighted by Gasteiger charge is -2.34.